The van der Waals surface area contributed by atoms with E-state index < -0.39 is 0 Å². The lowest BCUT2D eigenvalue weighted by molar-refractivity contribution is 0.669. The van der Waals surface area contributed by atoms with E-state index in [1.54, 1.807) is 0 Å². The zero-order chi connectivity index (χ0) is 37.5. The highest BCUT2D eigenvalue weighted by Gasteiger charge is 2.24. The molecule has 0 aliphatic rings. The van der Waals surface area contributed by atoms with Gasteiger partial charge < -0.3 is 4.42 Å². The van der Waals surface area contributed by atoms with E-state index in [4.69, 9.17) is 19.4 Å². The minimum absolute atomic E-state index is 0.558. The van der Waals surface area contributed by atoms with Crippen LogP contribution in [0.15, 0.2) is 186 Å². The maximum absolute atomic E-state index is 6.38. The molecule has 0 fully saturated rings. The van der Waals surface area contributed by atoms with Crippen LogP contribution >= 0.6 is 11.3 Å². The lowest BCUT2D eigenvalue weighted by Gasteiger charge is -2.16. The van der Waals surface area contributed by atoms with Crippen molar-refractivity contribution in [3.8, 4) is 51.0 Å². The summed E-state index contributed by atoms with van der Waals surface area (Å²) in [6.07, 6.45) is 0. The average molecular weight is 747 g/mol. The molecule has 12 rings (SSSR count). The second-order valence-electron chi connectivity index (χ2n) is 14.3. The van der Waals surface area contributed by atoms with Gasteiger partial charge >= 0.3 is 0 Å². The van der Waals surface area contributed by atoms with Crippen molar-refractivity contribution in [1.82, 2.24) is 19.5 Å². The molecule has 57 heavy (non-hydrogen) atoms. The standard InChI is InChI=1S/C51H30N4OS/c1-2-15-31(16-3-1)32-17-4-5-18-33(32)34-19-6-7-22-39(34)49-52-50(41-24-14-27-44-46(41)40-23-9-12-26-43(40)56-44)54-51(53-49)55-42-25-11-8-20-35(42)37-29-30-38-36-21-10-13-28-45(36)57-48(38)47(37)55/h1-30H. The Bertz CT molecular complexity index is 3540. The normalized spacial score (nSPS) is 11.9. The zero-order valence-corrected chi connectivity index (χ0v) is 31.2. The van der Waals surface area contributed by atoms with E-state index in [1.807, 2.05) is 41.7 Å². The van der Waals surface area contributed by atoms with Crippen LogP contribution in [0.25, 0.3) is 115 Å². The van der Waals surface area contributed by atoms with Crippen molar-refractivity contribution in [2.24, 2.45) is 0 Å². The number of hydrogen-bond acceptors (Lipinski definition) is 5. The fourth-order valence-electron chi connectivity index (χ4n) is 8.61. The van der Waals surface area contributed by atoms with Gasteiger partial charge in [-0.05, 0) is 46.5 Å². The Labute approximate surface area is 330 Å². The van der Waals surface area contributed by atoms with Crippen LogP contribution in [-0.4, -0.2) is 19.5 Å². The maximum Gasteiger partial charge on any atom is 0.238 e. The van der Waals surface area contributed by atoms with Gasteiger partial charge in [0.15, 0.2) is 11.6 Å². The largest absolute Gasteiger partial charge is 0.456 e. The van der Waals surface area contributed by atoms with E-state index >= 15 is 0 Å². The molecule has 0 aliphatic heterocycles. The fraction of sp³-hybridized carbons (Fsp3) is 0. The van der Waals surface area contributed by atoms with Crippen LogP contribution in [0.2, 0.25) is 0 Å². The molecule has 12 aromatic rings. The highest BCUT2D eigenvalue weighted by molar-refractivity contribution is 7.26. The number of aromatic nitrogens is 4. The number of nitrogens with zero attached hydrogens (tertiary/aromatic N) is 4. The Morgan fingerprint density at radius 2 is 1.00 bits per heavy atom. The van der Waals surface area contributed by atoms with Gasteiger partial charge in [0.05, 0.1) is 15.7 Å². The molecule has 0 saturated heterocycles. The molecule has 0 radical (unpaired) electrons. The second-order valence-corrected chi connectivity index (χ2v) is 15.4. The summed E-state index contributed by atoms with van der Waals surface area (Å²) < 4.78 is 11.1. The van der Waals surface area contributed by atoms with Crippen LogP contribution in [0, 0.1) is 0 Å². The number of benzene rings is 8. The summed E-state index contributed by atoms with van der Waals surface area (Å²) in [5.74, 6) is 1.72. The van der Waals surface area contributed by atoms with Crippen LogP contribution < -0.4 is 0 Å². The summed E-state index contributed by atoms with van der Waals surface area (Å²) in [7, 11) is 0. The van der Waals surface area contributed by atoms with Crippen molar-refractivity contribution in [2.45, 2.75) is 0 Å². The molecule has 0 aliphatic carbocycles. The average Bonchev–Trinajstić information content (AvgIpc) is 3.96. The molecule has 0 amide bonds. The highest BCUT2D eigenvalue weighted by Crippen LogP contribution is 2.44. The Morgan fingerprint density at radius 1 is 0.404 bits per heavy atom. The van der Waals surface area contributed by atoms with Crippen molar-refractivity contribution in [3.05, 3.63) is 182 Å². The van der Waals surface area contributed by atoms with E-state index in [-0.39, 0.29) is 0 Å². The predicted molar refractivity (Wildman–Crippen MR) is 236 cm³/mol. The molecule has 0 unspecified atom stereocenters. The van der Waals surface area contributed by atoms with Crippen molar-refractivity contribution >= 4 is 75.3 Å². The summed E-state index contributed by atoms with van der Waals surface area (Å²) >= 11 is 1.82. The lowest BCUT2D eigenvalue weighted by atomic mass is 9.91. The first-order valence-corrected chi connectivity index (χ1v) is 19.8. The summed E-state index contributed by atoms with van der Waals surface area (Å²) in [6.45, 7) is 0. The van der Waals surface area contributed by atoms with Crippen LogP contribution in [0.3, 0.4) is 0 Å². The molecule has 4 aromatic heterocycles. The van der Waals surface area contributed by atoms with Crippen molar-refractivity contribution < 1.29 is 4.42 Å². The number of hydrogen-bond donors (Lipinski definition) is 0. The summed E-state index contributed by atoms with van der Waals surface area (Å²) in [6, 6.07) is 63.6. The van der Waals surface area contributed by atoms with E-state index in [1.165, 1.54) is 20.2 Å². The molecule has 6 heteroatoms. The van der Waals surface area contributed by atoms with Gasteiger partial charge in [-0.3, -0.25) is 4.57 Å². The first-order valence-electron chi connectivity index (χ1n) is 19.0. The van der Waals surface area contributed by atoms with Gasteiger partial charge in [0.2, 0.25) is 5.95 Å². The number of thiophene rings is 1. The van der Waals surface area contributed by atoms with E-state index in [0.29, 0.717) is 17.6 Å². The van der Waals surface area contributed by atoms with Gasteiger partial charge in [0.1, 0.15) is 11.2 Å². The van der Waals surface area contributed by atoms with Crippen LogP contribution in [-0.2, 0) is 0 Å². The number of fused-ring (bicyclic) bond motifs is 10. The first-order chi connectivity index (χ1) is 28.3. The fourth-order valence-corrected chi connectivity index (χ4v) is 9.85. The molecule has 0 N–H and O–H groups in total. The molecule has 8 aromatic carbocycles. The molecule has 4 heterocycles. The minimum atomic E-state index is 0.558. The van der Waals surface area contributed by atoms with Crippen molar-refractivity contribution in [1.29, 1.82) is 0 Å². The molecule has 5 nitrogen and oxygen atoms in total. The van der Waals surface area contributed by atoms with Crippen LogP contribution in [0.5, 0.6) is 0 Å². The van der Waals surface area contributed by atoms with E-state index in [2.05, 4.69) is 156 Å². The zero-order valence-electron chi connectivity index (χ0n) is 30.4. The van der Waals surface area contributed by atoms with Crippen LogP contribution in [0.4, 0.5) is 0 Å². The monoisotopic (exact) mass is 746 g/mol. The Balaban J connectivity index is 1.20. The quantitative estimate of drug-likeness (QED) is 0.176. The highest BCUT2D eigenvalue weighted by atomic mass is 32.1. The molecular weight excluding hydrogens is 717 g/mol. The SMILES string of the molecule is c1ccc(-c2ccccc2-c2ccccc2-c2nc(-c3cccc4oc5ccccc5c34)nc(-n3c4ccccc4c4ccc5c6ccccc6sc5c43)n2)cc1. The van der Waals surface area contributed by atoms with Crippen molar-refractivity contribution in [3.63, 3.8) is 0 Å². The third-order valence-corrected chi connectivity index (χ3v) is 12.3. The molecule has 266 valence electrons. The summed E-state index contributed by atoms with van der Waals surface area (Å²) in [4.78, 5) is 16.3. The number of rotatable bonds is 5. The van der Waals surface area contributed by atoms with Gasteiger partial charge in [-0.25, -0.2) is 4.98 Å². The van der Waals surface area contributed by atoms with E-state index in [9.17, 15) is 0 Å². The van der Waals surface area contributed by atoms with Crippen LogP contribution in [0.1, 0.15) is 0 Å². The van der Waals surface area contributed by atoms with Gasteiger partial charge in [-0.1, -0.05) is 158 Å². The Morgan fingerprint density at radius 3 is 1.84 bits per heavy atom. The molecule has 0 atom stereocenters. The van der Waals surface area contributed by atoms with Crippen molar-refractivity contribution in [2.75, 3.05) is 0 Å². The Kier molecular flexibility index (Phi) is 7.03. The maximum atomic E-state index is 6.38. The second kappa shape index (κ2) is 12.6. The lowest BCUT2D eigenvalue weighted by Crippen LogP contribution is -2.07. The third-order valence-electron chi connectivity index (χ3n) is 11.1. The molecular formula is C51H30N4OS. The number of para-hydroxylation sites is 2. The first kappa shape index (κ1) is 31.9. The molecule has 0 saturated carbocycles. The van der Waals surface area contributed by atoms with Gasteiger partial charge in [0, 0.05) is 48.1 Å². The Hall–Kier alpha value is -7.41. The summed E-state index contributed by atoms with van der Waals surface area (Å²) in [5, 5.41) is 6.78. The van der Waals surface area contributed by atoms with Gasteiger partial charge in [-0.15, -0.1) is 11.3 Å². The minimum Gasteiger partial charge on any atom is -0.456 e. The summed E-state index contributed by atoms with van der Waals surface area (Å²) in [5.41, 5.74) is 9.99. The third kappa shape index (κ3) is 4.91. The number of furan rings is 1. The molecule has 0 spiro atoms. The smallest absolute Gasteiger partial charge is 0.238 e. The predicted octanol–water partition coefficient (Wildman–Crippen LogP) is 13.9. The van der Waals surface area contributed by atoms with E-state index in [0.717, 1.165) is 77.1 Å². The van der Waals surface area contributed by atoms with Gasteiger partial charge in [-0.2, -0.15) is 9.97 Å². The topological polar surface area (TPSA) is 56.7 Å². The molecule has 0 bridgehead atoms. The van der Waals surface area contributed by atoms with Gasteiger partial charge in [0.25, 0.3) is 0 Å².